The van der Waals surface area contributed by atoms with Crippen LogP contribution in [-0.4, -0.2) is 28.3 Å². The van der Waals surface area contributed by atoms with Gasteiger partial charge in [0.05, 0.1) is 16.7 Å². The van der Waals surface area contributed by atoms with Crippen molar-refractivity contribution in [1.82, 2.24) is 15.3 Å². The summed E-state index contributed by atoms with van der Waals surface area (Å²) in [6.07, 6.45) is 0.542. The third-order valence-electron chi connectivity index (χ3n) is 3.63. The van der Waals surface area contributed by atoms with Gasteiger partial charge >= 0.3 is 0 Å². The molecule has 1 heterocycles. The van der Waals surface area contributed by atoms with E-state index in [1.165, 1.54) is 19.1 Å². The van der Waals surface area contributed by atoms with Gasteiger partial charge in [-0.05, 0) is 30.3 Å². The number of carbonyl (C=O) groups excluding carboxylic acids is 2. The quantitative estimate of drug-likeness (QED) is 0.667. The number of aromatic amines is 1. The van der Waals surface area contributed by atoms with Gasteiger partial charge in [-0.3, -0.25) is 9.59 Å². The zero-order chi connectivity index (χ0) is 17.8. The number of halogens is 1. The number of nitrogens with one attached hydrogen (secondary N) is 3. The lowest BCUT2D eigenvalue weighted by atomic mass is 10.1. The van der Waals surface area contributed by atoms with Crippen molar-refractivity contribution in [3.05, 3.63) is 59.7 Å². The van der Waals surface area contributed by atoms with Gasteiger partial charge in [-0.25, -0.2) is 9.37 Å². The number of anilines is 1. The molecule has 2 aromatic carbocycles. The van der Waals surface area contributed by atoms with Gasteiger partial charge in [-0.15, -0.1) is 0 Å². The van der Waals surface area contributed by atoms with Crippen molar-refractivity contribution in [2.45, 2.75) is 13.3 Å². The summed E-state index contributed by atoms with van der Waals surface area (Å²) in [6.45, 7) is 1.66. The molecule has 0 unspecified atom stereocenters. The first-order chi connectivity index (χ1) is 12.0. The number of carbonyl (C=O) groups is 2. The normalized spacial score (nSPS) is 10.6. The van der Waals surface area contributed by atoms with Crippen LogP contribution in [-0.2, 0) is 11.2 Å². The van der Waals surface area contributed by atoms with Crippen LogP contribution in [0, 0.1) is 5.82 Å². The molecule has 0 saturated carbocycles. The summed E-state index contributed by atoms with van der Waals surface area (Å²) in [7, 11) is 0. The van der Waals surface area contributed by atoms with E-state index < -0.39 is 11.7 Å². The van der Waals surface area contributed by atoms with Gasteiger partial charge in [0.15, 0.2) is 0 Å². The van der Waals surface area contributed by atoms with Crippen LogP contribution in [0.3, 0.4) is 0 Å². The molecule has 2 amide bonds. The first-order valence-electron chi connectivity index (χ1n) is 7.82. The molecule has 1 aromatic heterocycles. The highest BCUT2D eigenvalue weighted by molar-refractivity contribution is 5.96. The Kier molecular flexibility index (Phi) is 4.74. The maximum atomic E-state index is 13.6. The second kappa shape index (κ2) is 7.12. The van der Waals surface area contributed by atoms with Crippen molar-refractivity contribution in [2.75, 3.05) is 11.9 Å². The molecule has 0 aliphatic heterocycles. The summed E-state index contributed by atoms with van der Waals surface area (Å²) in [6, 6.07) is 11.5. The Morgan fingerprint density at radius 1 is 1.20 bits per heavy atom. The number of fused-ring (bicyclic) bond motifs is 1. The van der Waals surface area contributed by atoms with E-state index in [2.05, 4.69) is 20.6 Å². The minimum absolute atomic E-state index is 0.0163. The van der Waals surface area contributed by atoms with E-state index in [4.69, 9.17) is 0 Å². The Bertz CT molecular complexity index is 903. The number of aromatic nitrogens is 2. The van der Waals surface area contributed by atoms with Crippen LogP contribution in [0.25, 0.3) is 11.0 Å². The molecule has 0 bridgehead atoms. The fourth-order valence-corrected chi connectivity index (χ4v) is 2.47. The standard InChI is InChI=1S/C18H17FN4O2/c1-11(24)21-16-10-12(6-7-13(16)19)18(25)20-9-8-17-22-14-4-2-3-5-15(14)23-17/h2-7,10H,8-9H2,1H3,(H,20,25)(H,21,24)(H,22,23). The number of H-pyrrole nitrogens is 1. The lowest BCUT2D eigenvalue weighted by molar-refractivity contribution is -0.114. The monoisotopic (exact) mass is 340 g/mol. The van der Waals surface area contributed by atoms with Crippen LogP contribution in [0.5, 0.6) is 0 Å². The average Bonchev–Trinajstić information content (AvgIpc) is 2.99. The Morgan fingerprint density at radius 2 is 2.00 bits per heavy atom. The zero-order valence-electron chi connectivity index (χ0n) is 13.6. The Labute approximate surface area is 143 Å². The van der Waals surface area contributed by atoms with Crippen LogP contribution in [0.4, 0.5) is 10.1 Å². The van der Waals surface area contributed by atoms with E-state index in [1.54, 1.807) is 0 Å². The topological polar surface area (TPSA) is 86.9 Å². The number of imidazole rings is 1. The molecule has 0 fully saturated rings. The summed E-state index contributed by atoms with van der Waals surface area (Å²) in [4.78, 5) is 30.9. The molecule has 0 aliphatic rings. The van der Waals surface area contributed by atoms with Crippen LogP contribution >= 0.6 is 0 Å². The first-order valence-corrected chi connectivity index (χ1v) is 7.82. The average molecular weight is 340 g/mol. The molecule has 0 saturated heterocycles. The highest BCUT2D eigenvalue weighted by Crippen LogP contribution is 2.16. The molecule has 128 valence electrons. The van der Waals surface area contributed by atoms with Crippen molar-refractivity contribution in [3.63, 3.8) is 0 Å². The van der Waals surface area contributed by atoms with Crippen molar-refractivity contribution in [1.29, 1.82) is 0 Å². The van der Waals surface area contributed by atoms with Crippen molar-refractivity contribution >= 4 is 28.5 Å². The Hall–Kier alpha value is -3.22. The Morgan fingerprint density at radius 3 is 2.76 bits per heavy atom. The smallest absolute Gasteiger partial charge is 0.251 e. The van der Waals surface area contributed by atoms with Crippen LogP contribution in [0.2, 0.25) is 0 Å². The maximum Gasteiger partial charge on any atom is 0.251 e. The number of hydrogen-bond donors (Lipinski definition) is 3. The van der Waals surface area contributed by atoms with E-state index in [-0.39, 0.29) is 17.2 Å². The van der Waals surface area contributed by atoms with E-state index in [9.17, 15) is 14.0 Å². The summed E-state index contributed by atoms with van der Waals surface area (Å²) in [5, 5.41) is 5.11. The van der Waals surface area contributed by atoms with Crippen molar-refractivity contribution in [3.8, 4) is 0 Å². The number of para-hydroxylation sites is 2. The SMILES string of the molecule is CC(=O)Nc1cc(C(=O)NCCc2nc3ccccc3[nH]2)ccc1F. The number of hydrogen-bond acceptors (Lipinski definition) is 3. The van der Waals surface area contributed by atoms with Crippen LogP contribution in [0.15, 0.2) is 42.5 Å². The number of nitrogens with zero attached hydrogens (tertiary/aromatic N) is 1. The highest BCUT2D eigenvalue weighted by atomic mass is 19.1. The maximum absolute atomic E-state index is 13.6. The second-order valence-corrected chi connectivity index (χ2v) is 5.58. The molecule has 0 spiro atoms. The molecule has 6 nitrogen and oxygen atoms in total. The molecule has 0 atom stereocenters. The van der Waals surface area contributed by atoms with Gasteiger partial charge in [0, 0.05) is 25.5 Å². The highest BCUT2D eigenvalue weighted by Gasteiger charge is 2.11. The van der Waals surface area contributed by atoms with Gasteiger partial charge < -0.3 is 15.6 Å². The molecule has 25 heavy (non-hydrogen) atoms. The van der Waals surface area contributed by atoms with Gasteiger partial charge in [0.2, 0.25) is 5.91 Å². The molecule has 3 N–H and O–H groups in total. The van der Waals surface area contributed by atoms with E-state index in [0.717, 1.165) is 22.9 Å². The van der Waals surface area contributed by atoms with Gasteiger partial charge in [0.25, 0.3) is 5.91 Å². The molecule has 0 aliphatic carbocycles. The molecule has 0 radical (unpaired) electrons. The molecular weight excluding hydrogens is 323 g/mol. The molecule has 7 heteroatoms. The predicted molar refractivity (Wildman–Crippen MR) is 92.8 cm³/mol. The van der Waals surface area contributed by atoms with Gasteiger partial charge in [-0.1, -0.05) is 12.1 Å². The zero-order valence-corrected chi connectivity index (χ0v) is 13.6. The molecule has 3 rings (SSSR count). The van der Waals surface area contributed by atoms with Crippen LogP contribution < -0.4 is 10.6 Å². The van der Waals surface area contributed by atoms with Gasteiger partial charge in [0.1, 0.15) is 11.6 Å². The summed E-state index contributed by atoms with van der Waals surface area (Å²) in [5.74, 6) is -0.558. The van der Waals surface area contributed by atoms with E-state index in [1.807, 2.05) is 24.3 Å². The number of benzene rings is 2. The third-order valence-corrected chi connectivity index (χ3v) is 3.63. The lowest BCUT2D eigenvalue weighted by Crippen LogP contribution is -2.26. The third kappa shape index (κ3) is 4.00. The molecule has 3 aromatic rings. The van der Waals surface area contributed by atoms with Crippen LogP contribution in [0.1, 0.15) is 23.1 Å². The number of rotatable bonds is 5. The summed E-state index contributed by atoms with van der Waals surface area (Å²) in [5.41, 5.74) is 2.08. The summed E-state index contributed by atoms with van der Waals surface area (Å²) < 4.78 is 13.6. The van der Waals surface area contributed by atoms with E-state index >= 15 is 0 Å². The minimum Gasteiger partial charge on any atom is -0.352 e. The van der Waals surface area contributed by atoms with Gasteiger partial charge in [-0.2, -0.15) is 0 Å². The first kappa shape index (κ1) is 16.6. The van der Waals surface area contributed by atoms with Crippen molar-refractivity contribution < 1.29 is 14.0 Å². The molecular formula is C18H17FN4O2. The number of amides is 2. The predicted octanol–water partition coefficient (Wildman–Crippen LogP) is 2.63. The largest absolute Gasteiger partial charge is 0.352 e. The van der Waals surface area contributed by atoms with E-state index in [0.29, 0.717) is 13.0 Å². The minimum atomic E-state index is -0.589. The Balaban J connectivity index is 1.61. The second-order valence-electron chi connectivity index (χ2n) is 5.58. The lowest BCUT2D eigenvalue weighted by Gasteiger charge is -2.08. The fraction of sp³-hybridized carbons (Fsp3) is 0.167. The van der Waals surface area contributed by atoms with Crippen molar-refractivity contribution in [2.24, 2.45) is 0 Å². The fourth-order valence-electron chi connectivity index (χ4n) is 2.47. The summed E-state index contributed by atoms with van der Waals surface area (Å²) >= 11 is 0.